The predicted octanol–water partition coefficient (Wildman–Crippen LogP) is 4.00. The minimum atomic E-state index is -1.45. The number of nitrogens with one attached hydrogen (secondary N) is 7. The van der Waals surface area contributed by atoms with E-state index < -0.39 is 11.2 Å². The lowest BCUT2D eigenvalue weighted by molar-refractivity contribution is -0.142. The van der Waals surface area contributed by atoms with Crippen LogP contribution in [-0.4, -0.2) is 129 Å². The second kappa shape index (κ2) is 23.4. The van der Waals surface area contributed by atoms with Crippen molar-refractivity contribution in [1.82, 2.24) is 85.8 Å². The number of piperidine rings is 2. The fraction of sp³-hybridized carbons (Fsp3) is 0.333. The van der Waals surface area contributed by atoms with Gasteiger partial charge in [-0.25, -0.2) is 34.3 Å². The van der Waals surface area contributed by atoms with E-state index in [0.717, 1.165) is 39.7 Å². The molecule has 73 heavy (non-hydrogen) atoms. The van der Waals surface area contributed by atoms with Gasteiger partial charge in [-0.15, -0.1) is 0 Å². The number of nitrogens with zero attached hydrogens (tertiary/aromatic N) is 13. The van der Waals surface area contributed by atoms with Crippen LogP contribution in [0.4, 0.5) is 29.2 Å². The number of aliphatic hydroxyl groups is 2. The topological polar surface area (TPSA) is 308 Å². The van der Waals surface area contributed by atoms with Crippen LogP contribution in [0.25, 0.3) is 11.6 Å². The van der Waals surface area contributed by atoms with E-state index in [2.05, 4.69) is 87.1 Å². The van der Waals surface area contributed by atoms with E-state index >= 15 is 0 Å². The summed E-state index contributed by atoms with van der Waals surface area (Å²) < 4.78 is 3.33. The highest BCUT2D eigenvalue weighted by Gasteiger charge is 2.40. The molecule has 0 aliphatic carbocycles. The van der Waals surface area contributed by atoms with Crippen molar-refractivity contribution in [2.24, 2.45) is 0 Å². The van der Waals surface area contributed by atoms with E-state index in [1.54, 1.807) is 40.2 Å². The zero-order valence-corrected chi connectivity index (χ0v) is 41.5. The van der Waals surface area contributed by atoms with Gasteiger partial charge < -0.3 is 41.7 Å². The van der Waals surface area contributed by atoms with Gasteiger partial charge in [0.1, 0.15) is 22.8 Å². The van der Waals surface area contributed by atoms with Crippen molar-refractivity contribution in [3.8, 4) is 11.6 Å². The average Bonchev–Trinajstić information content (AvgIpc) is 4.24. The van der Waals surface area contributed by atoms with Crippen molar-refractivity contribution < 1.29 is 19.8 Å². The number of aromatic amines is 2. The Hall–Kier alpha value is -8.19. The number of anilines is 5. The molecule has 0 atom stereocenters. The summed E-state index contributed by atoms with van der Waals surface area (Å²) >= 11 is 5.73. The summed E-state index contributed by atoms with van der Waals surface area (Å²) in [7, 11) is 0. The highest BCUT2D eigenvalue weighted by Crippen LogP contribution is 2.27. The number of pyridine rings is 2. The molecular formula is C48H57ClN20O4. The largest absolute Gasteiger partial charge is 0.380 e. The molecule has 9 N–H and O–H groups in total. The van der Waals surface area contributed by atoms with Crippen LogP contribution in [-0.2, 0) is 22.7 Å². The van der Waals surface area contributed by atoms with Crippen molar-refractivity contribution in [2.75, 3.05) is 41.7 Å². The quantitative estimate of drug-likeness (QED) is 0.0737. The van der Waals surface area contributed by atoms with E-state index in [-0.39, 0.29) is 36.5 Å². The molecule has 25 heteroatoms. The molecule has 0 aromatic carbocycles. The minimum Gasteiger partial charge on any atom is -0.380 e. The lowest BCUT2D eigenvalue weighted by Crippen LogP contribution is -2.54. The normalized spacial score (nSPS) is 14.7. The smallest absolute Gasteiger partial charge is 0.252 e. The second-order valence-electron chi connectivity index (χ2n) is 17.6. The summed E-state index contributed by atoms with van der Waals surface area (Å²) in [6, 6.07) is 18.5. The van der Waals surface area contributed by atoms with Crippen LogP contribution < -0.4 is 31.5 Å². The third kappa shape index (κ3) is 14.0. The van der Waals surface area contributed by atoms with Crippen LogP contribution >= 0.6 is 11.6 Å². The highest BCUT2D eigenvalue weighted by molar-refractivity contribution is 6.28. The van der Waals surface area contributed by atoms with E-state index in [1.165, 1.54) is 0 Å². The van der Waals surface area contributed by atoms with Crippen LogP contribution in [0.15, 0.2) is 97.8 Å². The summed E-state index contributed by atoms with van der Waals surface area (Å²) in [5.41, 5.74) is 2.55. The molecule has 0 saturated carbocycles. The van der Waals surface area contributed by atoms with E-state index in [4.69, 9.17) is 11.6 Å². The number of halogens is 1. The van der Waals surface area contributed by atoms with Gasteiger partial charge in [-0.05, 0) is 101 Å². The molecule has 10 rings (SSSR count). The molecule has 2 aliphatic heterocycles. The van der Waals surface area contributed by atoms with E-state index in [1.807, 2.05) is 99.6 Å². The van der Waals surface area contributed by atoms with E-state index in [9.17, 15) is 19.8 Å². The van der Waals surface area contributed by atoms with Crippen molar-refractivity contribution in [3.05, 3.63) is 137 Å². The number of aryl methyl sites for hydroxylation is 4. The third-order valence-corrected chi connectivity index (χ3v) is 11.9. The Balaban J connectivity index is 0.000000162. The summed E-state index contributed by atoms with van der Waals surface area (Å²) in [6.07, 6.45) is 11.8. The molecule has 380 valence electrons. The fourth-order valence-electron chi connectivity index (χ4n) is 7.77. The number of aromatic nitrogens is 14. The minimum absolute atomic E-state index is 0.227. The molecule has 8 aromatic rings. The SMILES string of the molecule is Cc1cc(Nc2cc(C)[nH]n2)nc(Cl)n1.Cc1cc(Nc2cc(C)[nH]n2)nc(N2CCC(O)(C(=O)NCc3ccc(-n4cccn4)nc3)CC2)n1.O=C(NCc1ccc(-n2cccn2)nc1)C1(O)CCNCC1. The maximum absolute atomic E-state index is 12.8. The number of carbonyl (C=O) groups excluding carboxylic acids is 2. The number of carbonyl (C=O) groups is 2. The number of rotatable bonds is 13. The standard InChI is InChI=1S/C24H28N10O2.C15H19N5O2.C9H10ClN5/c1-16-12-19(29-20-13-17(2)31-32-20)30-23(28-16)33-10-6-24(36,7-11-33)22(35)26-15-18-4-5-21(25-14-18)34-9-3-8-27-34;21-14(15(22)4-7-16-8-5-15)18-11-12-2-3-13(17-10-12)20-9-1-6-19-20;1-5-3-7(13-9(10)11-5)12-8-4-6(2)14-15-8/h3-5,8-9,12-14,36H,6-7,10-11,15H2,1-2H3,(H,26,35)(H2,28,29,30,31,32);1-3,6,9-10,16,22H,4-5,7-8,11H2,(H,18,21);3-4H,1-2H3,(H2,11,12,13,14,15). The molecule has 8 aromatic heterocycles. The van der Waals surface area contributed by atoms with Gasteiger partial charge >= 0.3 is 0 Å². The van der Waals surface area contributed by atoms with Gasteiger partial charge in [0.05, 0.1) is 0 Å². The lowest BCUT2D eigenvalue weighted by Gasteiger charge is -2.37. The summed E-state index contributed by atoms with van der Waals surface area (Å²) in [5.74, 6) is 3.91. The number of hydrogen-bond acceptors (Lipinski definition) is 18. The zero-order valence-electron chi connectivity index (χ0n) is 40.7. The lowest BCUT2D eigenvalue weighted by atomic mass is 9.90. The van der Waals surface area contributed by atoms with Gasteiger partial charge in [-0.2, -0.15) is 25.4 Å². The van der Waals surface area contributed by atoms with Gasteiger partial charge in [-0.1, -0.05) is 12.1 Å². The van der Waals surface area contributed by atoms with Crippen LogP contribution in [0.2, 0.25) is 5.28 Å². The maximum atomic E-state index is 12.8. The molecule has 2 fully saturated rings. The Bertz CT molecular complexity index is 3020. The van der Waals surface area contributed by atoms with Gasteiger partial charge in [0, 0.05) is 123 Å². The molecule has 0 unspecified atom stereocenters. The van der Waals surface area contributed by atoms with Crippen LogP contribution in [0, 0.1) is 27.7 Å². The number of amides is 2. The Morgan fingerprint density at radius 1 is 0.644 bits per heavy atom. The molecule has 24 nitrogen and oxygen atoms in total. The summed E-state index contributed by atoms with van der Waals surface area (Å²) in [6.45, 7) is 10.5. The van der Waals surface area contributed by atoms with Crippen molar-refractivity contribution in [1.29, 1.82) is 0 Å². The molecule has 0 bridgehead atoms. The van der Waals surface area contributed by atoms with Crippen LogP contribution in [0.3, 0.4) is 0 Å². The Kier molecular flexibility index (Phi) is 16.4. The van der Waals surface area contributed by atoms with Crippen LogP contribution in [0.1, 0.15) is 59.6 Å². The average molecular weight is 1010 g/mol. The molecule has 2 amide bonds. The van der Waals surface area contributed by atoms with Gasteiger partial charge in [-0.3, -0.25) is 19.8 Å². The first-order valence-corrected chi connectivity index (χ1v) is 23.9. The fourth-order valence-corrected chi connectivity index (χ4v) is 7.99. The first-order valence-electron chi connectivity index (χ1n) is 23.5. The molecule has 2 saturated heterocycles. The van der Waals surface area contributed by atoms with Crippen molar-refractivity contribution in [2.45, 2.75) is 77.7 Å². The second-order valence-corrected chi connectivity index (χ2v) is 17.9. The Morgan fingerprint density at radius 2 is 1.14 bits per heavy atom. The Labute approximate surface area is 424 Å². The zero-order chi connectivity index (χ0) is 51.4. The number of hydrogen-bond donors (Lipinski definition) is 9. The van der Waals surface area contributed by atoms with Crippen molar-refractivity contribution >= 4 is 52.6 Å². The number of H-pyrrole nitrogens is 2. The molecule has 2 aliphatic rings. The monoisotopic (exact) mass is 1010 g/mol. The van der Waals surface area contributed by atoms with Gasteiger partial charge in [0.2, 0.25) is 11.2 Å². The summed E-state index contributed by atoms with van der Waals surface area (Å²) in [5, 5.41) is 58.7. The first kappa shape index (κ1) is 51.2. The molecule has 0 spiro atoms. The van der Waals surface area contributed by atoms with Gasteiger partial charge in [0.15, 0.2) is 23.3 Å². The van der Waals surface area contributed by atoms with Crippen LogP contribution in [0.5, 0.6) is 0 Å². The predicted molar refractivity (Wildman–Crippen MR) is 272 cm³/mol. The molecule has 10 heterocycles. The Morgan fingerprint density at radius 3 is 1.58 bits per heavy atom. The summed E-state index contributed by atoms with van der Waals surface area (Å²) in [4.78, 5) is 52.8. The maximum Gasteiger partial charge on any atom is 0.252 e. The first-order chi connectivity index (χ1) is 35.2. The molecule has 0 radical (unpaired) electrons. The third-order valence-electron chi connectivity index (χ3n) is 11.7. The highest BCUT2D eigenvalue weighted by atomic mass is 35.5. The van der Waals surface area contributed by atoms with Gasteiger partial charge in [0.25, 0.3) is 11.8 Å². The molecular weight excluding hydrogens is 956 g/mol. The van der Waals surface area contributed by atoms with Crippen molar-refractivity contribution in [3.63, 3.8) is 0 Å². The van der Waals surface area contributed by atoms with E-state index in [0.29, 0.717) is 80.6 Å².